The van der Waals surface area contributed by atoms with E-state index in [-0.39, 0.29) is 11.7 Å². The SMILES string of the molecule is O=C(CN1CCC(N2CCNCC2)C1)NCCc1ccc(F)cc1. The van der Waals surface area contributed by atoms with Crippen molar-refractivity contribution in [2.24, 2.45) is 0 Å². The fourth-order valence-electron chi connectivity index (χ4n) is 3.56. The standard InChI is InChI=1S/C18H27FN4O/c19-16-3-1-15(2-4-16)5-7-21-18(24)14-22-10-6-17(13-22)23-11-8-20-9-12-23/h1-4,17,20H,5-14H2,(H,21,24). The summed E-state index contributed by atoms with van der Waals surface area (Å²) in [6.45, 7) is 7.43. The highest BCUT2D eigenvalue weighted by atomic mass is 19.1. The molecule has 5 nitrogen and oxygen atoms in total. The van der Waals surface area contributed by atoms with Crippen molar-refractivity contribution in [2.75, 3.05) is 52.4 Å². The molecule has 24 heavy (non-hydrogen) atoms. The quantitative estimate of drug-likeness (QED) is 0.794. The minimum Gasteiger partial charge on any atom is -0.355 e. The number of halogens is 1. The molecule has 2 aliphatic heterocycles. The normalized spacial score (nSPS) is 22.6. The Morgan fingerprint density at radius 2 is 1.96 bits per heavy atom. The van der Waals surface area contributed by atoms with Crippen LogP contribution in [-0.4, -0.2) is 74.1 Å². The zero-order valence-electron chi connectivity index (χ0n) is 14.1. The Kier molecular flexibility index (Phi) is 6.18. The van der Waals surface area contributed by atoms with Crippen LogP contribution in [0.25, 0.3) is 0 Å². The van der Waals surface area contributed by atoms with Gasteiger partial charge < -0.3 is 10.6 Å². The summed E-state index contributed by atoms with van der Waals surface area (Å²) < 4.78 is 12.8. The van der Waals surface area contributed by atoms with Crippen LogP contribution in [0.15, 0.2) is 24.3 Å². The lowest BCUT2D eigenvalue weighted by atomic mass is 10.1. The first-order valence-electron chi connectivity index (χ1n) is 8.89. The Morgan fingerprint density at radius 1 is 1.21 bits per heavy atom. The number of likely N-dealkylation sites (tertiary alicyclic amines) is 1. The summed E-state index contributed by atoms with van der Waals surface area (Å²) in [5.74, 6) is -0.145. The fraction of sp³-hybridized carbons (Fsp3) is 0.611. The molecule has 0 saturated carbocycles. The van der Waals surface area contributed by atoms with E-state index in [1.807, 2.05) is 0 Å². The zero-order valence-corrected chi connectivity index (χ0v) is 14.1. The Balaban J connectivity index is 1.34. The van der Waals surface area contributed by atoms with Crippen molar-refractivity contribution < 1.29 is 9.18 Å². The molecule has 2 heterocycles. The van der Waals surface area contributed by atoms with Gasteiger partial charge in [-0.3, -0.25) is 14.6 Å². The first-order chi connectivity index (χ1) is 11.7. The molecule has 2 saturated heterocycles. The van der Waals surface area contributed by atoms with Crippen LogP contribution >= 0.6 is 0 Å². The fourth-order valence-corrected chi connectivity index (χ4v) is 3.56. The number of hydrogen-bond donors (Lipinski definition) is 2. The lowest BCUT2D eigenvalue weighted by molar-refractivity contribution is -0.122. The maximum absolute atomic E-state index is 12.8. The molecule has 2 fully saturated rings. The highest BCUT2D eigenvalue weighted by Crippen LogP contribution is 2.15. The number of piperazine rings is 1. The molecule has 6 heteroatoms. The van der Waals surface area contributed by atoms with E-state index in [0.717, 1.165) is 57.7 Å². The van der Waals surface area contributed by atoms with Gasteiger partial charge in [-0.2, -0.15) is 0 Å². The Bertz CT molecular complexity index is 530. The van der Waals surface area contributed by atoms with Gasteiger partial charge in [-0.25, -0.2) is 4.39 Å². The summed E-state index contributed by atoms with van der Waals surface area (Å²) in [7, 11) is 0. The molecule has 2 aliphatic rings. The van der Waals surface area contributed by atoms with E-state index >= 15 is 0 Å². The largest absolute Gasteiger partial charge is 0.355 e. The van der Waals surface area contributed by atoms with E-state index in [2.05, 4.69) is 20.4 Å². The summed E-state index contributed by atoms with van der Waals surface area (Å²) in [6, 6.07) is 7.04. The second-order valence-corrected chi connectivity index (χ2v) is 6.69. The smallest absolute Gasteiger partial charge is 0.234 e. The second kappa shape index (κ2) is 8.55. The third-order valence-corrected chi connectivity index (χ3v) is 4.93. The highest BCUT2D eigenvalue weighted by molar-refractivity contribution is 5.78. The summed E-state index contributed by atoms with van der Waals surface area (Å²) in [5.41, 5.74) is 1.04. The third-order valence-electron chi connectivity index (χ3n) is 4.93. The Morgan fingerprint density at radius 3 is 2.71 bits per heavy atom. The number of nitrogens with zero attached hydrogens (tertiary/aromatic N) is 2. The average molecular weight is 334 g/mol. The van der Waals surface area contributed by atoms with E-state index in [1.54, 1.807) is 12.1 Å². The van der Waals surface area contributed by atoms with E-state index < -0.39 is 0 Å². The van der Waals surface area contributed by atoms with E-state index in [4.69, 9.17) is 0 Å². The highest BCUT2D eigenvalue weighted by Gasteiger charge is 2.29. The molecular formula is C18H27FN4O. The molecule has 1 aromatic rings. The van der Waals surface area contributed by atoms with Crippen LogP contribution in [0.4, 0.5) is 4.39 Å². The molecule has 1 atom stereocenters. The Labute approximate surface area is 143 Å². The first kappa shape index (κ1) is 17.3. The van der Waals surface area contributed by atoms with Crippen LogP contribution in [0.5, 0.6) is 0 Å². The molecule has 1 amide bonds. The maximum atomic E-state index is 12.8. The minimum atomic E-state index is -0.226. The minimum absolute atomic E-state index is 0.0815. The Hall–Kier alpha value is -1.50. The van der Waals surface area contributed by atoms with E-state index in [1.165, 1.54) is 12.1 Å². The van der Waals surface area contributed by atoms with Gasteiger partial charge in [0.25, 0.3) is 0 Å². The van der Waals surface area contributed by atoms with Gasteiger partial charge in [-0.05, 0) is 30.5 Å². The van der Waals surface area contributed by atoms with Crippen LogP contribution in [0.2, 0.25) is 0 Å². The lowest BCUT2D eigenvalue weighted by Gasteiger charge is -2.32. The number of hydrogen-bond acceptors (Lipinski definition) is 4. The predicted octanol–water partition coefficient (Wildman–Crippen LogP) is 0.464. The number of nitrogens with one attached hydrogen (secondary N) is 2. The van der Waals surface area contributed by atoms with Crippen LogP contribution in [-0.2, 0) is 11.2 Å². The van der Waals surface area contributed by atoms with Gasteiger partial charge in [0.2, 0.25) is 5.91 Å². The topological polar surface area (TPSA) is 47.6 Å². The van der Waals surface area contributed by atoms with Crippen LogP contribution in [0, 0.1) is 5.82 Å². The van der Waals surface area contributed by atoms with E-state index in [0.29, 0.717) is 19.1 Å². The first-order valence-corrected chi connectivity index (χ1v) is 8.89. The number of carbonyl (C=O) groups is 1. The van der Waals surface area contributed by atoms with Crippen molar-refractivity contribution in [3.8, 4) is 0 Å². The predicted molar refractivity (Wildman–Crippen MR) is 92.4 cm³/mol. The molecule has 0 radical (unpaired) electrons. The average Bonchev–Trinajstić information content (AvgIpc) is 3.06. The molecule has 1 unspecified atom stereocenters. The molecule has 0 spiro atoms. The monoisotopic (exact) mass is 334 g/mol. The van der Waals surface area contributed by atoms with E-state index in [9.17, 15) is 9.18 Å². The van der Waals surface area contributed by atoms with Crippen molar-refractivity contribution >= 4 is 5.91 Å². The lowest BCUT2D eigenvalue weighted by Crippen LogP contribution is -2.49. The van der Waals surface area contributed by atoms with Gasteiger partial charge >= 0.3 is 0 Å². The van der Waals surface area contributed by atoms with Gasteiger partial charge in [0, 0.05) is 51.9 Å². The zero-order chi connectivity index (χ0) is 16.8. The molecule has 1 aromatic carbocycles. The van der Waals surface area contributed by atoms with Crippen LogP contribution in [0.3, 0.4) is 0 Å². The van der Waals surface area contributed by atoms with Gasteiger partial charge in [0.1, 0.15) is 5.82 Å². The summed E-state index contributed by atoms with van der Waals surface area (Å²) in [6.07, 6.45) is 1.89. The summed E-state index contributed by atoms with van der Waals surface area (Å²) >= 11 is 0. The second-order valence-electron chi connectivity index (χ2n) is 6.69. The summed E-state index contributed by atoms with van der Waals surface area (Å²) in [4.78, 5) is 16.9. The third kappa shape index (κ3) is 5.00. The van der Waals surface area contributed by atoms with Crippen molar-refractivity contribution in [3.63, 3.8) is 0 Å². The van der Waals surface area contributed by atoms with Crippen molar-refractivity contribution in [1.29, 1.82) is 0 Å². The van der Waals surface area contributed by atoms with Crippen molar-refractivity contribution in [1.82, 2.24) is 20.4 Å². The number of carbonyl (C=O) groups excluding carboxylic acids is 1. The number of amides is 1. The molecule has 132 valence electrons. The number of rotatable bonds is 6. The molecule has 2 N–H and O–H groups in total. The molecule has 0 aliphatic carbocycles. The molecular weight excluding hydrogens is 307 g/mol. The van der Waals surface area contributed by atoms with Gasteiger partial charge in [-0.15, -0.1) is 0 Å². The number of benzene rings is 1. The van der Waals surface area contributed by atoms with Gasteiger partial charge in [0.15, 0.2) is 0 Å². The molecule has 3 rings (SSSR count). The van der Waals surface area contributed by atoms with Gasteiger partial charge in [-0.1, -0.05) is 12.1 Å². The maximum Gasteiger partial charge on any atom is 0.234 e. The summed E-state index contributed by atoms with van der Waals surface area (Å²) in [5, 5.41) is 6.35. The van der Waals surface area contributed by atoms with Gasteiger partial charge in [0.05, 0.1) is 6.54 Å². The van der Waals surface area contributed by atoms with Crippen molar-refractivity contribution in [2.45, 2.75) is 18.9 Å². The molecule has 0 bridgehead atoms. The van der Waals surface area contributed by atoms with Crippen LogP contribution < -0.4 is 10.6 Å². The van der Waals surface area contributed by atoms with Crippen LogP contribution in [0.1, 0.15) is 12.0 Å². The van der Waals surface area contributed by atoms with Crippen molar-refractivity contribution in [3.05, 3.63) is 35.6 Å². The molecule has 0 aromatic heterocycles.